The summed E-state index contributed by atoms with van der Waals surface area (Å²) in [6.45, 7) is 2.58. The summed E-state index contributed by atoms with van der Waals surface area (Å²) in [6, 6.07) is 11.2. The molecular formula is C25H25F6N3O2. The van der Waals surface area contributed by atoms with Crippen LogP contribution in [0.25, 0.3) is 0 Å². The smallest absolute Gasteiger partial charge is 0.340 e. The third-order valence-corrected chi connectivity index (χ3v) is 6.52. The second kappa shape index (κ2) is 10.1. The first-order valence-corrected chi connectivity index (χ1v) is 11.5. The molecule has 2 aliphatic heterocycles. The number of rotatable bonds is 5. The second-order valence-electron chi connectivity index (χ2n) is 9.18. The number of likely N-dealkylation sites (tertiary alicyclic amines) is 1. The molecule has 0 saturated carbocycles. The standard InChI is InChI=1S/C25H25F6N3O2/c26-24(27,28)20-10-18(11-21(13-20)25(29,30)31)15-34-16-19(12-22(34)35)23(36)33-8-6-32(7-9-33)14-17-4-2-1-3-5-17/h1-5,10-11,13,19H,6-9,12,14-16H2. The lowest BCUT2D eigenvalue weighted by molar-refractivity contribution is -0.143. The highest BCUT2D eigenvalue weighted by molar-refractivity contribution is 5.89. The Labute approximate surface area is 204 Å². The van der Waals surface area contributed by atoms with E-state index in [2.05, 4.69) is 4.90 Å². The number of nitrogens with zero attached hydrogens (tertiary/aromatic N) is 3. The van der Waals surface area contributed by atoms with Gasteiger partial charge in [0.05, 0.1) is 17.0 Å². The van der Waals surface area contributed by atoms with Crippen LogP contribution in [0.2, 0.25) is 0 Å². The van der Waals surface area contributed by atoms with E-state index in [4.69, 9.17) is 0 Å². The molecular weight excluding hydrogens is 488 g/mol. The maximum absolute atomic E-state index is 13.1. The number of alkyl halides is 6. The Morgan fingerprint density at radius 2 is 1.39 bits per heavy atom. The molecule has 2 amide bonds. The van der Waals surface area contributed by atoms with Crippen molar-refractivity contribution in [2.45, 2.75) is 31.9 Å². The van der Waals surface area contributed by atoms with Crippen LogP contribution in [0.4, 0.5) is 26.3 Å². The normalized spacial score (nSPS) is 19.7. The summed E-state index contributed by atoms with van der Waals surface area (Å²) in [6.07, 6.45) is -10.0. The van der Waals surface area contributed by atoms with Crippen molar-refractivity contribution in [1.82, 2.24) is 14.7 Å². The van der Waals surface area contributed by atoms with Crippen molar-refractivity contribution in [3.63, 3.8) is 0 Å². The van der Waals surface area contributed by atoms with Gasteiger partial charge in [-0.2, -0.15) is 26.3 Å². The van der Waals surface area contributed by atoms with Gasteiger partial charge in [0.2, 0.25) is 11.8 Å². The molecule has 4 rings (SSSR count). The van der Waals surface area contributed by atoms with Crippen LogP contribution in [0.5, 0.6) is 0 Å². The van der Waals surface area contributed by atoms with Gasteiger partial charge in [-0.25, -0.2) is 0 Å². The average Bonchev–Trinajstić information content (AvgIpc) is 3.18. The molecule has 11 heteroatoms. The Morgan fingerprint density at radius 1 is 0.806 bits per heavy atom. The number of carbonyl (C=O) groups is 2. The third-order valence-electron chi connectivity index (χ3n) is 6.52. The van der Waals surface area contributed by atoms with E-state index in [-0.39, 0.29) is 30.5 Å². The molecule has 194 valence electrons. The molecule has 0 N–H and O–H groups in total. The maximum atomic E-state index is 13.1. The number of halogens is 6. The van der Waals surface area contributed by atoms with Crippen LogP contribution in [0, 0.1) is 5.92 Å². The largest absolute Gasteiger partial charge is 0.416 e. The summed E-state index contributed by atoms with van der Waals surface area (Å²) < 4.78 is 78.9. The predicted octanol–water partition coefficient (Wildman–Crippen LogP) is 4.42. The molecule has 0 bridgehead atoms. The van der Waals surface area contributed by atoms with Gasteiger partial charge in [0.15, 0.2) is 0 Å². The molecule has 0 aromatic heterocycles. The van der Waals surface area contributed by atoms with Crippen LogP contribution in [0.3, 0.4) is 0 Å². The highest BCUT2D eigenvalue weighted by Gasteiger charge is 2.39. The number of hydrogen-bond acceptors (Lipinski definition) is 3. The van der Waals surface area contributed by atoms with E-state index in [1.807, 2.05) is 30.3 Å². The van der Waals surface area contributed by atoms with Gasteiger partial charge in [-0.15, -0.1) is 0 Å². The van der Waals surface area contributed by atoms with E-state index >= 15 is 0 Å². The molecule has 2 aromatic carbocycles. The van der Waals surface area contributed by atoms with E-state index in [0.29, 0.717) is 38.3 Å². The Bertz CT molecular complexity index is 1060. The summed E-state index contributed by atoms with van der Waals surface area (Å²) in [5.41, 5.74) is -1.98. The number of benzene rings is 2. The van der Waals surface area contributed by atoms with Gasteiger partial charge in [-0.1, -0.05) is 30.3 Å². The number of carbonyl (C=O) groups excluding carboxylic acids is 2. The van der Waals surface area contributed by atoms with E-state index in [1.54, 1.807) is 4.90 Å². The zero-order valence-electron chi connectivity index (χ0n) is 19.3. The van der Waals surface area contributed by atoms with Crippen molar-refractivity contribution < 1.29 is 35.9 Å². The molecule has 1 unspecified atom stereocenters. The van der Waals surface area contributed by atoms with Crippen LogP contribution < -0.4 is 0 Å². The van der Waals surface area contributed by atoms with Crippen molar-refractivity contribution in [3.8, 4) is 0 Å². The van der Waals surface area contributed by atoms with Crippen molar-refractivity contribution in [2.24, 2.45) is 5.92 Å². The molecule has 1 atom stereocenters. The van der Waals surface area contributed by atoms with Crippen molar-refractivity contribution >= 4 is 11.8 Å². The van der Waals surface area contributed by atoms with Gasteiger partial charge in [0.1, 0.15) is 0 Å². The van der Waals surface area contributed by atoms with Crippen LogP contribution >= 0.6 is 0 Å². The minimum Gasteiger partial charge on any atom is -0.340 e. The molecule has 2 aromatic rings. The number of amides is 2. The van der Waals surface area contributed by atoms with Gasteiger partial charge >= 0.3 is 12.4 Å². The lowest BCUT2D eigenvalue weighted by atomic mass is 10.0. The summed E-state index contributed by atoms with van der Waals surface area (Å²) in [7, 11) is 0. The fraction of sp³-hybridized carbons (Fsp3) is 0.440. The maximum Gasteiger partial charge on any atom is 0.416 e. The summed E-state index contributed by atoms with van der Waals surface area (Å²) in [4.78, 5) is 30.6. The van der Waals surface area contributed by atoms with Crippen LogP contribution in [-0.2, 0) is 35.0 Å². The molecule has 0 spiro atoms. The molecule has 2 aliphatic rings. The van der Waals surface area contributed by atoms with Crippen LogP contribution in [0.15, 0.2) is 48.5 Å². The first-order chi connectivity index (χ1) is 16.9. The Hall–Kier alpha value is -3.08. The van der Waals surface area contributed by atoms with Crippen LogP contribution in [0.1, 0.15) is 28.7 Å². The molecule has 2 saturated heterocycles. The molecule has 36 heavy (non-hydrogen) atoms. The zero-order chi connectivity index (χ0) is 26.1. The van der Waals surface area contributed by atoms with E-state index in [0.717, 1.165) is 17.0 Å². The molecule has 2 fully saturated rings. The van der Waals surface area contributed by atoms with Crippen molar-refractivity contribution in [3.05, 3.63) is 70.8 Å². The minimum absolute atomic E-state index is 0.0422. The SMILES string of the molecule is O=C1CC(C(=O)N2CCN(Cc3ccccc3)CC2)CN1Cc1cc(C(F)(F)F)cc(C(F)(F)F)c1. The average molecular weight is 513 g/mol. The van der Waals surface area contributed by atoms with Crippen molar-refractivity contribution in [2.75, 3.05) is 32.7 Å². The quantitative estimate of drug-likeness (QED) is 0.557. The summed E-state index contributed by atoms with van der Waals surface area (Å²) >= 11 is 0. The lowest BCUT2D eigenvalue weighted by Crippen LogP contribution is -2.50. The third kappa shape index (κ3) is 6.18. The topological polar surface area (TPSA) is 43.9 Å². The number of piperazine rings is 1. The van der Waals surface area contributed by atoms with Gasteiger partial charge in [-0.05, 0) is 29.3 Å². The predicted molar refractivity (Wildman–Crippen MR) is 118 cm³/mol. The fourth-order valence-electron chi connectivity index (χ4n) is 4.65. The van der Waals surface area contributed by atoms with E-state index < -0.39 is 41.8 Å². The molecule has 5 nitrogen and oxygen atoms in total. The Morgan fingerprint density at radius 3 is 1.94 bits per heavy atom. The first-order valence-electron chi connectivity index (χ1n) is 11.5. The fourth-order valence-corrected chi connectivity index (χ4v) is 4.65. The molecule has 2 heterocycles. The Kier molecular flexibility index (Phi) is 7.31. The van der Waals surface area contributed by atoms with Gasteiger partial charge in [-0.3, -0.25) is 14.5 Å². The highest BCUT2D eigenvalue weighted by Crippen LogP contribution is 2.37. The van der Waals surface area contributed by atoms with Crippen molar-refractivity contribution in [1.29, 1.82) is 0 Å². The molecule has 0 aliphatic carbocycles. The van der Waals surface area contributed by atoms with E-state index in [1.165, 1.54) is 0 Å². The number of hydrogen-bond donors (Lipinski definition) is 0. The minimum atomic E-state index is -4.97. The monoisotopic (exact) mass is 513 g/mol. The lowest BCUT2D eigenvalue weighted by Gasteiger charge is -2.36. The van der Waals surface area contributed by atoms with Gasteiger partial charge < -0.3 is 9.80 Å². The first kappa shape index (κ1) is 26.0. The highest BCUT2D eigenvalue weighted by atomic mass is 19.4. The summed E-state index contributed by atoms with van der Waals surface area (Å²) in [5.74, 6) is -1.36. The van der Waals surface area contributed by atoms with Crippen LogP contribution in [-0.4, -0.2) is 59.2 Å². The zero-order valence-corrected chi connectivity index (χ0v) is 19.3. The summed E-state index contributed by atoms with van der Waals surface area (Å²) in [5, 5.41) is 0. The van der Waals surface area contributed by atoms with Gasteiger partial charge in [0, 0.05) is 52.2 Å². The van der Waals surface area contributed by atoms with Gasteiger partial charge in [0.25, 0.3) is 0 Å². The van der Waals surface area contributed by atoms with E-state index in [9.17, 15) is 35.9 Å². The second-order valence-corrected chi connectivity index (χ2v) is 9.18. The molecule has 0 radical (unpaired) electrons. The Balaban J connectivity index is 1.37.